The second kappa shape index (κ2) is 5.66. The van der Waals surface area contributed by atoms with Crippen molar-refractivity contribution in [3.8, 4) is 0 Å². The molecule has 1 N–H and O–H groups in total. The summed E-state index contributed by atoms with van der Waals surface area (Å²) in [6.07, 6.45) is 5.06. The molecular weight excluding hydrogens is 320 g/mol. The lowest BCUT2D eigenvalue weighted by Crippen LogP contribution is -2.42. The van der Waals surface area contributed by atoms with Crippen LogP contribution in [-0.4, -0.2) is 10.8 Å². The fraction of sp³-hybridized carbons (Fsp3) is 0.304. The lowest BCUT2D eigenvalue weighted by Gasteiger charge is -2.45. The lowest BCUT2D eigenvalue weighted by molar-refractivity contribution is -0.118. The number of rotatable bonds is 2. The van der Waals surface area contributed by atoms with Crippen LogP contribution in [0.25, 0.3) is 6.08 Å². The second-order valence-corrected chi connectivity index (χ2v) is 8.24. The summed E-state index contributed by atoms with van der Waals surface area (Å²) in [5.41, 5.74) is 4.47. The van der Waals surface area contributed by atoms with Gasteiger partial charge in [0.15, 0.2) is 5.78 Å². The molecule has 2 aliphatic rings. The molecule has 0 amide bonds. The zero-order valence-corrected chi connectivity index (χ0v) is 15.6. The molecular formula is C23H24N2O. The predicted molar refractivity (Wildman–Crippen MR) is 106 cm³/mol. The average Bonchev–Trinajstić information content (AvgIpc) is 2.60. The second-order valence-electron chi connectivity index (χ2n) is 8.24. The largest absolute Gasteiger partial charge is 0.343 e. The molecule has 132 valence electrons. The van der Waals surface area contributed by atoms with Crippen molar-refractivity contribution in [2.75, 3.05) is 5.32 Å². The minimum absolute atomic E-state index is 0.0476. The SMILES string of the molecule is C=Cc1ccnc2c1[C@](C)(c1ccccc1)C1=C(CC(C)(C)CC1=O)N2. The Kier molecular flexibility index (Phi) is 3.65. The number of hydrogen-bond acceptors (Lipinski definition) is 3. The molecule has 4 rings (SSSR count). The van der Waals surface area contributed by atoms with Crippen LogP contribution in [0.15, 0.2) is 60.4 Å². The zero-order chi connectivity index (χ0) is 18.5. The molecule has 0 unspecified atom stereocenters. The van der Waals surface area contributed by atoms with Crippen molar-refractivity contribution in [1.29, 1.82) is 0 Å². The molecule has 1 aliphatic carbocycles. The molecule has 0 saturated carbocycles. The van der Waals surface area contributed by atoms with Crippen molar-refractivity contribution in [2.45, 2.75) is 39.0 Å². The van der Waals surface area contributed by atoms with Crippen LogP contribution in [0.4, 0.5) is 5.82 Å². The van der Waals surface area contributed by atoms with E-state index in [1.165, 1.54) is 0 Å². The van der Waals surface area contributed by atoms with Gasteiger partial charge in [0.2, 0.25) is 0 Å². The van der Waals surface area contributed by atoms with Gasteiger partial charge in [-0.05, 0) is 36.0 Å². The third kappa shape index (κ3) is 2.34. The quantitative estimate of drug-likeness (QED) is 0.824. The highest BCUT2D eigenvalue weighted by Gasteiger charge is 2.48. The highest BCUT2D eigenvalue weighted by Crippen LogP contribution is 2.52. The van der Waals surface area contributed by atoms with Crippen molar-refractivity contribution in [3.05, 3.63) is 77.1 Å². The number of fused-ring (bicyclic) bond motifs is 1. The van der Waals surface area contributed by atoms with Gasteiger partial charge in [-0.1, -0.05) is 56.8 Å². The Morgan fingerprint density at radius 1 is 1.12 bits per heavy atom. The number of aromatic nitrogens is 1. The molecule has 0 saturated heterocycles. The number of Topliss-reactive ketones (excluding diaryl/α,β-unsaturated/α-hetero) is 1. The molecule has 1 aromatic heterocycles. The van der Waals surface area contributed by atoms with E-state index < -0.39 is 5.41 Å². The summed E-state index contributed by atoms with van der Waals surface area (Å²) in [6.45, 7) is 10.4. The van der Waals surface area contributed by atoms with Crippen LogP contribution in [-0.2, 0) is 10.2 Å². The summed E-state index contributed by atoms with van der Waals surface area (Å²) >= 11 is 0. The predicted octanol–water partition coefficient (Wildman–Crippen LogP) is 5.10. The normalized spacial score (nSPS) is 23.7. The van der Waals surface area contributed by atoms with Gasteiger partial charge in [0.25, 0.3) is 0 Å². The Hall–Kier alpha value is -2.68. The van der Waals surface area contributed by atoms with E-state index in [1.54, 1.807) is 6.20 Å². The molecule has 3 heteroatoms. The molecule has 1 aliphatic heterocycles. The van der Waals surface area contributed by atoms with Gasteiger partial charge in [0, 0.05) is 29.5 Å². The number of carbonyl (C=O) groups excluding carboxylic acids is 1. The van der Waals surface area contributed by atoms with Crippen molar-refractivity contribution in [1.82, 2.24) is 4.98 Å². The number of ketones is 1. The fourth-order valence-corrected chi connectivity index (χ4v) is 4.60. The minimum atomic E-state index is -0.539. The maximum absolute atomic E-state index is 13.3. The monoisotopic (exact) mass is 344 g/mol. The molecule has 0 spiro atoms. The molecule has 2 heterocycles. The molecule has 0 radical (unpaired) electrons. The van der Waals surface area contributed by atoms with Crippen molar-refractivity contribution >= 4 is 17.7 Å². The Labute approximate surface area is 154 Å². The first-order valence-corrected chi connectivity index (χ1v) is 9.08. The van der Waals surface area contributed by atoms with Gasteiger partial charge in [-0.3, -0.25) is 4.79 Å². The molecule has 1 atom stereocenters. The van der Waals surface area contributed by atoms with Crippen LogP contribution in [0.1, 0.15) is 50.3 Å². The lowest BCUT2D eigenvalue weighted by atomic mass is 9.61. The first-order chi connectivity index (χ1) is 12.4. The maximum atomic E-state index is 13.3. The molecule has 26 heavy (non-hydrogen) atoms. The summed E-state index contributed by atoms with van der Waals surface area (Å²) in [6, 6.07) is 12.2. The number of nitrogens with one attached hydrogen (secondary N) is 1. The molecule has 2 aromatic rings. The number of hydrogen-bond donors (Lipinski definition) is 1. The number of anilines is 1. The Morgan fingerprint density at radius 2 is 1.85 bits per heavy atom. The van der Waals surface area contributed by atoms with Crippen LogP contribution in [0, 0.1) is 5.41 Å². The number of benzene rings is 1. The third-order valence-electron chi connectivity index (χ3n) is 5.70. The minimum Gasteiger partial charge on any atom is -0.343 e. The fourth-order valence-electron chi connectivity index (χ4n) is 4.60. The molecule has 0 fully saturated rings. The van der Waals surface area contributed by atoms with Crippen LogP contribution in [0.3, 0.4) is 0 Å². The third-order valence-corrected chi connectivity index (χ3v) is 5.70. The molecule has 0 bridgehead atoms. The summed E-state index contributed by atoms with van der Waals surface area (Å²) in [4.78, 5) is 17.9. The van der Waals surface area contributed by atoms with Crippen molar-refractivity contribution < 1.29 is 4.79 Å². The number of nitrogens with zero attached hydrogens (tertiary/aromatic N) is 1. The average molecular weight is 344 g/mol. The maximum Gasteiger partial charge on any atom is 0.162 e. The number of allylic oxidation sites excluding steroid dienone is 2. The van der Waals surface area contributed by atoms with Gasteiger partial charge in [0.1, 0.15) is 5.82 Å². The summed E-state index contributed by atoms with van der Waals surface area (Å²) in [5, 5.41) is 3.48. The summed E-state index contributed by atoms with van der Waals surface area (Å²) in [5.74, 6) is 1.05. The number of carbonyl (C=O) groups is 1. The van der Waals surface area contributed by atoms with E-state index in [0.29, 0.717) is 6.42 Å². The van der Waals surface area contributed by atoms with Crippen molar-refractivity contribution in [2.24, 2.45) is 5.41 Å². The van der Waals surface area contributed by atoms with Crippen LogP contribution >= 0.6 is 0 Å². The van der Waals surface area contributed by atoms with E-state index in [-0.39, 0.29) is 11.2 Å². The van der Waals surface area contributed by atoms with Gasteiger partial charge >= 0.3 is 0 Å². The van der Waals surface area contributed by atoms with E-state index in [0.717, 1.165) is 40.2 Å². The van der Waals surface area contributed by atoms with Crippen LogP contribution < -0.4 is 5.32 Å². The van der Waals surface area contributed by atoms with Gasteiger partial charge in [0.05, 0.1) is 5.41 Å². The highest BCUT2D eigenvalue weighted by molar-refractivity contribution is 6.03. The molecule has 1 aromatic carbocycles. The first kappa shape index (κ1) is 16.8. The van der Waals surface area contributed by atoms with Gasteiger partial charge < -0.3 is 5.32 Å². The van der Waals surface area contributed by atoms with E-state index >= 15 is 0 Å². The van der Waals surface area contributed by atoms with Gasteiger partial charge in [-0.2, -0.15) is 0 Å². The zero-order valence-electron chi connectivity index (χ0n) is 15.6. The Balaban J connectivity index is 2.07. The first-order valence-electron chi connectivity index (χ1n) is 9.08. The smallest absolute Gasteiger partial charge is 0.162 e. The van der Waals surface area contributed by atoms with Crippen LogP contribution in [0.2, 0.25) is 0 Å². The summed E-state index contributed by atoms with van der Waals surface area (Å²) < 4.78 is 0. The number of pyridine rings is 1. The Morgan fingerprint density at radius 3 is 2.54 bits per heavy atom. The molecule has 3 nitrogen and oxygen atoms in total. The van der Waals surface area contributed by atoms with E-state index in [2.05, 4.69) is 49.8 Å². The van der Waals surface area contributed by atoms with E-state index in [4.69, 9.17) is 0 Å². The Bertz CT molecular complexity index is 940. The van der Waals surface area contributed by atoms with E-state index in [9.17, 15) is 4.79 Å². The van der Waals surface area contributed by atoms with Gasteiger partial charge in [-0.25, -0.2) is 4.98 Å². The standard InChI is InChI=1S/C23H24N2O/c1-5-15-11-12-24-21-19(15)23(4,16-9-7-6-8-10-16)20-17(25-21)13-22(2,3)14-18(20)26/h5-12H,1,13-14H2,2-4H3,(H,24,25)/t23-/m0/s1. The van der Waals surface area contributed by atoms with Crippen LogP contribution in [0.5, 0.6) is 0 Å². The van der Waals surface area contributed by atoms with Gasteiger partial charge in [-0.15, -0.1) is 0 Å². The highest BCUT2D eigenvalue weighted by atomic mass is 16.1. The van der Waals surface area contributed by atoms with E-state index in [1.807, 2.05) is 30.3 Å². The van der Waals surface area contributed by atoms with Crippen molar-refractivity contribution in [3.63, 3.8) is 0 Å². The summed E-state index contributed by atoms with van der Waals surface area (Å²) in [7, 11) is 0. The topological polar surface area (TPSA) is 42.0 Å².